The van der Waals surface area contributed by atoms with Crippen LogP contribution in [0, 0.1) is 0 Å². The lowest BCUT2D eigenvalue weighted by molar-refractivity contribution is -0.116. The van der Waals surface area contributed by atoms with Crippen molar-refractivity contribution in [1.82, 2.24) is 10.3 Å². The summed E-state index contributed by atoms with van der Waals surface area (Å²) < 4.78 is 6.38. The Balaban J connectivity index is 2.03. The van der Waals surface area contributed by atoms with Gasteiger partial charge >= 0.3 is 0 Å². The van der Waals surface area contributed by atoms with Crippen molar-refractivity contribution in [3.63, 3.8) is 0 Å². The van der Waals surface area contributed by atoms with E-state index in [-0.39, 0.29) is 5.91 Å². The second-order valence-corrected chi connectivity index (χ2v) is 6.65. The number of hydrogen-bond donors (Lipinski definition) is 1. The summed E-state index contributed by atoms with van der Waals surface area (Å²) in [5, 5.41) is 10.9. The van der Waals surface area contributed by atoms with E-state index in [1.165, 1.54) is 11.8 Å². The summed E-state index contributed by atoms with van der Waals surface area (Å²) >= 11 is 4.81. The third-order valence-corrected chi connectivity index (χ3v) is 4.62. The van der Waals surface area contributed by atoms with Gasteiger partial charge in [-0.05, 0) is 36.6 Å². The number of nitrogens with one attached hydrogen (secondary N) is 1. The predicted octanol–water partition coefficient (Wildman–Crippen LogP) is 1.55. The molecule has 0 radical (unpaired) electrons. The van der Waals surface area contributed by atoms with Crippen LogP contribution in [0.4, 0.5) is 0 Å². The van der Waals surface area contributed by atoms with Gasteiger partial charge in [-0.25, -0.2) is 10.0 Å². The number of fused-ring (bicyclic) bond motifs is 2. The lowest BCUT2D eigenvalue weighted by Gasteiger charge is -2.32. The molecule has 6 nitrogen and oxygen atoms in total. The highest BCUT2D eigenvalue weighted by molar-refractivity contribution is 9.10. The van der Waals surface area contributed by atoms with Crippen LogP contribution in [0.5, 0.6) is 0 Å². The number of thioether (sulfide) groups is 1. The molecule has 0 saturated carbocycles. The maximum absolute atomic E-state index is 12.6. The van der Waals surface area contributed by atoms with Crippen molar-refractivity contribution in [2.45, 2.75) is 6.17 Å². The van der Waals surface area contributed by atoms with Crippen LogP contribution in [0.15, 0.2) is 55.6 Å². The highest BCUT2D eigenvalue weighted by atomic mass is 79.9. The lowest BCUT2D eigenvalue weighted by atomic mass is 10.1. The minimum atomic E-state index is -0.498. The number of rotatable bonds is 1. The molecule has 3 heterocycles. The Morgan fingerprint density at radius 3 is 3.00 bits per heavy atom. The summed E-state index contributed by atoms with van der Waals surface area (Å²) in [5.41, 5.74) is 0.468. The minimum absolute atomic E-state index is 0.199. The molecule has 1 atom stereocenters. The first-order chi connectivity index (χ1) is 11.2. The molecule has 1 amide bonds. The van der Waals surface area contributed by atoms with E-state index < -0.39 is 6.17 Å². The Hall–Kier alpha value is -2.06. The molecule has 0 saturated heterocycles. The predicted molar refractivity (Wildman–Crippen MR) is 90.7 cm³/mol. The van der Waals surface area contributed by atoms with Gasteiger partial charge in [0.1, 0.15) is 11.5 Å². The highest BCUT2D eigenvalue weighted by Gasteiger charge is 2.35. The smallest absolute Gasteiger partial charge is 0.276 e. The molecule has 1 aromatic heterocycles. The number of halogens is 1. The number of carbonyl (C=O) groups excluding carboxylic acids is 1. The maximum Gasteiger partial charge on any atom is 0.276 e. The van der Waals surface area contributed by atoms with Crippen molar-refractivity contribution in [2.75, 3.05) is 6.26 Å². The van der Waals surface area contributed by atoms with Gasteiger partial charge in [-0.1, -0.05) is 27.7 Å². The fraction of sp³-hybridized carbons (Fsp3) is 0.133. The number of hydrazone groups is 1. The van der Waals surface area contributed by atoms with Gasteiger partial charge in [0.05, 0.1) is 11.6 Å². The highest BCUT2D eigenvalue weighted by Crippen LogP contribution is 2.30. The van der Waals surface area contributed by atoms with Crippen LogP contribution < -0.4 is 15.9 Å². The monoisotopic (exact) mass is 390 g/mol. The Bertz CT molecular complexity index is 939. The number of nitrogens with zero attached hydrogens (tertiary/aromatic N) is 3. The van der Waals surface area contributed by atoms with Crippen molar-refractivity contribution in [2.24, 2.45) is 10.1 Å². The standard InChI is InChI=1S/C15H11BrN4O2S/c1-23-15-18-14(21)12-9-7-8(16)4-5-10(9)17-13(20(12)19-15)11-3-2-6-22-11/h2-7,13H,1H3,(H,18,19,21)/t13-/m0/s1. The van der Waals surface area contributed by atoms with Gasteiger partial charge in [0, 0.05) is 9.69 Å². The first kappa shape index (κ1) is 14.5. The molecular formula is C15H11BrN4O2S. The number of carbonyl (C=O) groups is 1. The van der Waals surface area contributed by atoms with E-state index in [0.717, 1.165) is 15.0 Å². The number of furan rings is 1. The molecule has 8 heteroatoms. The topological polar surface area (TPSA) is 70.2 Å². The molecule has 2 aliphatic heterocycles. The molecule has 0 fully saturated rings. The van der Waals surface area contributed by atoms with Gasteiger partial charge in [-0.15, -0.1) is 5.10 Å². The SMILES string of the molecule is CSC1=NN2C(=c3cc(Br)ccc3=N[C@@H]2c2ccco2)C(=O)N1. The number of hydrogen-bond acceptors (Lipinski definition) is 6. The summed E-state index contributed by atoms with van der Waals surface area (Å²) in [5.74, 6) is 0.435. The summed E-state index contributed by atoms with van der Waals surface area (Å²) in [4.78, 5) is 17.3. The van der Waals surface area contributed by atoms with Crippen LogP contribution in [0.1, 0.15) is 11.9 Å². The molecule has 0 aliphatic carbocycles. The van der Waals surface area contributed by atoms with E-state index in [1.54, 1.807) is 17.3 Å². The van der Waals surface area contributed by atoms with Crippen molar-refractivity contribution in [3.05, 3.63) is 57.4 Å². The van der Waals surface area contributed by atoms with E-state index >= 15 is 0 Å². The van der Waals surface area contributed by atoms with E-state index in [2.05, 4.69) is 26.3 Å². The first-order valence-electron chi connectivity index (χ1n) is 6.81. The zero-order chi connectivity index (χ0) is 16.0. The van der Waals surface area contributed by atoms with E-state index in [4.69, 9.17) is 9.41 Å². The Kier molecular flexibility index (Phi) is 3.50. The summed E-state index contributed by atoms with van der Waals surface area (Å²) in [6, 6.07) is 9.27. The minimum Gasteiger partial charge on any atom is -0.465 e. The maximum atomic E-state index is 12.6. The second kappa shape index (κ2) is 5.54. The molecule has 4 rings (SSSR count). The molecule has 0 spiro atoms. The van der Waals surface area contributed by atoms with Gasteiger partial charge in [-0.3, -0.25) is 10.1 Å². The Morgan fingerprint density at radius 2 is 2.26 bits per heavy atom. The normalized spacial score (nSPS) is 19.5. The first-order valence-corrected chi connectivity index (χ1v) is 8.83. The van der Waals surface area contributed by atoms with Gasteiger partial charge < -0.3 is 4.42 Å². The van der Waals surface area contributed by atoms with Crippen LogP contribution in [-0.4, -0.2) is 22.3 Å². The molecule has 0 bridgehead atoms. The fourth-order valence-electron chi connectivity index (χ4n) is 2.57. The molecule has 2 aromatic rings. The number of amides is 1. The average Bonchev–Trinajstić information content (AvgIpc) is 3.07. The molecule has 2 aliphatic rings. The van der Waals surface area contributed by atoms with Crippen LogP contribution in [-0.2, 0) is 4.79 Å². The zero-order valence-electron chi connectivity index (χ0n) is 12.0. The van der Waals surface area contributed by atoms with Gasteiger partial charge in [0.2, 0.25) is 6.17 Å². The largest absolute Gasteiger partial charge is 0.465 e. The Morgan fingerprint density at radius 1 is 1.39 bits per heavy atom. The molecule has 1 aromatic carbocycles. The van der Waals surface area contributed by atoms with Crippen LogP contribution in [0.2, 0.25) is 0 Å². The van der Waals surface area contributed by atoms with E-state index in [1.807, 2.05) is 30.5 Å². The molecule has 116 valence electrons. The van der Waals surface area contributed by atoms with Crippen molar-refractivity contribution < 1.29 is 9.21 Å². The lowest BCUT2D eigenvalue weighted by Crippen LogP contribution is -2.50. The second-order valence-electron chi connectivity index (χ2n) is 4.94. The quantitative estimate of drug-likeness (QED) is 0.801. The third kappa shape index (κ3) is 2.38. The van der Waals surface area contributed by atoms with E-state index in [0.29, 0.717) is 16.6 Å². The molecular weight excluding hydrogens is 380 g/mol. The number of amidine groups is 1. The third-order valence-electron chi connectivity index (χ3n) is 3.56. The van der Waals surface area contributed by atoms with Crippen molar-refractivity contribution in [1.29, 1.82) is 0 Å². The van der Waals surface area contributed by atoms with E-state index in [9.17, 15) is 4.79 Å². The van der Waals surface area contributed by atoms with Gasteiger partial charge in [-0.2, -0.15) is 0 Å². The molecule has 23 heavy (non-hydrogen) atoms. The van der Waals surface area contributed by atoms with Gasteiger partial charge in [0.25, 0.3) is 5.91 Å². The Labute approximate surface area is 144 Å². The fourth-order valence-corrected chi connectivity index (χ4v) is 3.29. The molecule has 0 unspecified atom stereocenters. The van der Waals surface area contributed by atoms with Crippen molar-refractivity contribution in [3.8, 4) is 0 Å². The van der Waals surface area contributed by atoms with Crippen LogP contribution in [0.3, 0.4) is 0 Å². The summed E-state index contributed by atoms with van der Waals surface area (Å²) in [6.07, 6.45) is 2.95. The summed E-state index contributed by atoms with van der Waals surface area (Å²) in [6.45, 7) is 0. The zero-order valence-corrected chi connectivity index (χ0v) is 14.4. The van der Waals surface area contributed by atoms with Gasteiger partial charge in [0.15, 0.2) is 5.17 Å². The average molecular weight is 391 g/mol. The number of benzene rings is 1. The summed E-state index contributed by atoms with van der Waals surface area (Å²) in [7, 11) is 0. The molecule has 1 N–H and O–H groups in total. The van der Waals surface area contributed by atoms with Crippen LogP contribution >= 0.6 is 27.7 Å². The van der Waals surface area contributed by atoms with Crippen molar-refractivity contribution >= 4 is 44.5 Å². The van der Waals surface area contributed by atoms with Crippen LogP contribution in [0.25, 0.3) is 5.70 Å².